The zero-order chi connectivity index (χ0) is 12.9. The predicted octanol–water partition coefficient (Wildman–Crippen LogP) is 2.12. The molecule has 4 nitrogen and oxygen atoms in total. The van der Waals surface area contributed by atoms with Gasteiger partial charge < -0.3 is 11.1 Å². The quantitative estimate of drug-likeness (QED) is 0.545. The number of nitrogens with two attached hydrogens (primary N) is 1. The zero-order valence-electron chi connectivity index (χ0n) is 11.0. The van der Waals surface area contributed by atoms with Gasteiger partial charge in [-0.15, -0.1) is 0 Å². The van der Waals surface area contributed by atoms with Crippen LogP contribution in [0.5, 0.6) is 0 Å². The van der Waals surface area contributed by atoms with Crippen LogP contribution in [0.1, 0.15) is 64.7 Å². The number of carbonyl (C=O) groups is 2. The van der Waals surface area contributed by atoms with E-state index in [1.807, 2.05) is 0 Å². The lowest BCUT2D eigenvalue weighted by atomic mass is 10.1. The summed E-state index contributed by atoms with van der Waals surface area (Å²) in [6.45, 7) is 2.35. The average molecular weight is 242 g/mol. The van der Waals surface area contributed by atoms with Crippen molar-refractivity contribution >= 4 is 11.8 Å². The van der Waals surface area contributed by atoms with Gasteiger partial charge in [-0.05, 0) is 12.8 Å². The summed E-state index contributed by atoms with van der Waals surface area (Å²) in [6.07, 6.45) is 9.72. The van der Waals surface area contributed by atoms with Crippen molar-refractivity contribution in [1.29, 1.82) is 0 Å². The molecule has 0 aliphatic rings. The molecule has 0 atom stereocenters. The maximum atomic E-state index is 10.6. The lowest BCUT2D eigenvalue weighted by Gasteiger charge is -2.02. The Hall–Kier alpha value is -1.06. The van der Waals surface area contributed by atoms with Crippen molar-refractivity contribution in [2.24, 2.45) is 5.73 Å². The molecular formula is C13H26N2O2. The number of hydrogen-bond acceptors (Lipinski definition) is 2. The van der Waals surface area contributed by atoms with E-state index in [0.717, 1.165) is 25.8 Å². The fourth-order valence-corrected chi connectivity index (χ4v) is 1.75. The Morgan fingerprint density at radius 3 is 1.82 bits per heavy atom. The summed E-state index contributed by atoms with van der Waals surface area (Å²) in [5.41, 5.74) is 5.05. The smallest absolute Gasteiger partial charge is 0.217 e. The molecule has 0 bridgehead atoms. The molecule has 0 rings (SSSR count). The molecule has 0 spiro atoms. The summed E-state index contributed by atoms with van der Waals surface area (Å²) >= 11 is 0. The summed E-state index contributed by atoms with van der Waals surface area (Å²) in [6, 6.07) is 0. The number of nitrogens with one attached hydrogen (secondary N) is 1. The highest BCUT2D eigenvalue weighted by molar-refractivity contribution is 5.73. The summed E-state index contributed by atoms with van der Waals surface area (Å²) in [5.74, 6) is -0.137. The van der Waals surface area contributed by atoms with Crippen LogP contribution in [0.15, 0.2) is 0 Å². The van der Waals surface area contributed by atoms with E-state index >= 15 is 0 Å². The Labute approximate surface area is 104 Å². The molecule has 0 heterocycles. The molecule has 0 aromatic rings. The minimum atomic E-state index is -0.192. The Kier molecular flexibility index (Phi) is 10.7. The first kappa shape index (κ1) is 15.9. The van der Waals surface area contributed by atoms with Gasteiger partial charge in [0, 0.05) is 19.9 Å². The van der Waals surface area contributed by atoms with Gasteiger partial charge in [-0.3, -0.25) is 9.59 Å². The van der Waals surface area contributed by atoms with Gasteiger partial charge >= 0.3 is 0 Å². The first-order chi connectivity index (χ1) is 8.13. The van der Waals surface area contributed by atoms with Crippen molar-refractivity contribution in [2.75, 3.05) is 6.54 Å². The van der Waals surface area contributed by atoms with Crippen molar-refractivity contribution < 1.29 is 9.59 Å². The van der Waals surface area contributed by atoms with E-state index in [1.54, 1.807) is 6.92 Å². The third-order valence-electron chi connectivity index (χ3n) is 2.72. The van der Waals surface area contributed by atoms with E-state index in [9.17, 15) is 9.59 Å². The molecule has 2 amide bonds. The molecule has 0 radical (unpaired) electrons. The van der Waals surface area contributed by atoms with Crippen LogP contribution in [0.25, 0.3) is 0 Å². The number of unbranched alkanes of at least 4 members (excludes halogenated alkanes) is 7. The van der Waals surface area contributed by atoms with Crippen molar-refractivity contribution in [2.45, 2.75) is 64.7 Å². The Morgan fingerprint density at radius 1 is 0.882 bits per heavy atom. The van der Waals surface area contributed by atoms with Gasteiger partial charge in [0.25, 0.3) is 0 Å². The molecule has 17 heavy (non-hydrogen) atoms. The minimum absolute atomic E-state index is 0.0550. The number of carbonyl (C=O) groups excluding carboxylic acids is 2. The maximum Gasteiger partial charge on any atom is 0.217 e. The molecule has 0 saturated carbocycles. The standard InChI is InChI=1S/C13H26N2O2/c1-12(16)15-11-9-7-5-3-2-4-6-8-10-13(14)17/h2-11H2,1H3,(H2,14,17)(H,15,16). The fourth-order valence-electron chi connectivity index (χ4n) is 1.75. The predicted molar refractivity (Wildman–Crippen MR) is 69.4 cm³/mol. The second-order valence-electron chi connectivity index (χ2n) is 4.53. The summed E-state index contributed by atoms with van der Waals surface area (Å²) in [5, 5.41) is 2.79. The van der Waals surface area contributed by atoms with E-state index < -0.39 is 0 Å². The Morgan fingerprint density at radius 2 is 1.35 bits per heavy atom. The molecule has 0 fully saturated rings. The van der Waals surface area contributed by atoms with Gasteiger partial charge in [-0.2, -0.15) is 0 Å². The molecule has 0 aromatic heterocycles. The highest BCUT2D eigenvalue weighted by atomic mass is 16.1. The number of amides is 2. The first-order valence-corrected chi connectivity index (χ1v) is 6.65. The van der Waals surface area contributed by atoms with E-state index in [1.165, 1.54) is 32.1 Å². The Bertz CT molecular complexity index is 195. The summed E-state index contributed by atoms with van der Waals surface area (Å²) in [4.78, 5) is 21.1. The van der Waals surface area contributed by atoms with Gasteiger partial charge in [0.1, 0.15) is 0 Å². The number of rotatable bonds is 11. The van der Waals surface area contributed by atoms with Crippen LogP contribution < -0.4 is 11.1 Å². The van der Waals surface area contributed by atoms with Crippen LogP contribution >= 0.6 is 0 Å². The normalized spacial score (nSPS) is 10.2. The second kappa shape index (κ2) is 11.4. The van der Waals surface area contributed by atoms with Crippen LogP contribution in [0.4, 0.5) is 0 Å². The van der Waals surface area contributed by atoms with Crippen LogP contribution in [0.2, 0.25) is 0 Å². The van der Waals surface area contributed by atoms with E-state index in [-0.39, 0.29) is 11.8 Å². The molecule has 100 valence electrons. The SMILES string of the molecule is CC(=O)NCCCCCCCCCCC(N)=O. The van der Waals surface area contributed by atoms with Crippen LogP contribution in [-0.4, -0.2) is 18.4 Å². The van der Waals surface area contributed by atoms with Crippen molar-refractivity contribution in [1.82, 2.24) is 5.32 Å². The van der Waals surface area contributed by atoms with Crippen molar-refractivity contribution in [3.8, 4) is 0 Å². The molecule has 0 aliphatic carbocycles. The Balaban J connectivity index is 2.98. The molecule has 4 heteroatoms. The minimum Gasteiger partial charge on any atom is -0.370 e. The largest absolute Gasteiger partial charge is 0.370 e. The molecule has 0 saturated heterocycles. The average Bonchev–Trinajstić information content (AvgIpc) is 2.25. The third kappa shape index (κ3) is 14.9. The number of hydrogen-bond donors (Lipinski definition) is 2. The van der Waals surface area contributed by atoms with Crippen molar-refractivity contribution in [3.05, 3.63) is 0 Å². The fraction of sp³-hybridized carbons (Fsp3) is 0.846. The first-order valence-electron chi connectivity index (χ1n) is 6.65. The van der Waals surface area contributed by atoms with Gasteiger partial charge in [-0.1, -0.05) is 38.5 Å². The highest BCUT2D eigenvalue weighted by Crippen LogP contribution is 2.09. The topological polar surface area (TPSA) is 72.2 Å². The van der Waals surface area contributed by atoms with E-state index in [0.29, 0.717) is 6.42 Å². The van der Waals surface area contributed by atoms with E-state index in [2.05, 4.69) is 5.32 Å². The van der Waals surface area contributed by atoms with Gasteiger partial charge in [-0.25, -0.2) is 0 Å². The monoisotopic (exact) mass is 242 g/mol. The van der Waals surface area contributed by atoms with Crippen LogP contribution in [0.3, 0.4) is 0 Å². The zero-order valence-corrected chi connectivity index (χ0v) is 11.0. The summed E-state index contributed by atoms with van der Waals surface area (Å²) < 4.78 is 0. The van der Waals surface area contributed by atoms with Crippen LogP contribution in [0, 0.1) is 0 Å². The number of primary amides is 1. The molecule has 0 aromatic carbocycles. The maximum absolute atomic E-state index is 10.6. The summed E-state index contributed by atoms with van der Waals surface area (Å²) in [7, 11) is 0. The van der Waals surface area contributed by atoms with Crippen molar-refractivity contribution in [3.63, 3.8) is 0 Å². The highest BCUT2D eigenvalue weighted by Gasteiger charge is 1.95. The lowest BCUT2D eigenvalue weighted by Crippen LogP contribution is -2.20. The lowest BCUT2D eigenvalue weighted by molar-refractivity contribution is -0.119. The molecular weight excluding hydrogens is 216 g/mol. The third-order valence-corrected chi connectivity index (χ3v) is 2.72. The van der Waals surface area contributed by atoms with Gasteiger partial charge in [0.05, 0.1) is 0 Å². The van der Waals surface area contributed by atoms with Gasteiger partial charge in [0.2, 0.25) is 11.8 Å². The molecule has 0 unspecified atom stereocenters. The van der Waals surface area contributed by atoms with Gasteiger partial charge in [0.15, 0.2) is 0 Å². The van der Waals surface area contributed by atoms with Crippen LogP contribution in [-0.2, 0) is 9.59 Å². The second-order valence-corrected chi connectivity index (χ2v) is 4.53. The molecule has 0 aliphatic heterocycles. The van der Waals surface area contributed by atoms with E-state index in [4.69, 9.17) is 5.73 Å². The molecule has 3 N–H and O–H groups in total.